The van der Waals surface area contributed by atoms with Crippen molar-refractivity contribution in [1.82, 2.24) is 4.90 Å². The molecule has 0 radical (unpaired) electrons. The first-order valence-electron chi connectivity index (χ1n) is 8.77. The average Bonchev–Trinajstić information content (AvgIpc) is 3.14. The number of halogens is 2. The van der Waals surface area contributed by atoms with Crippen molar-refractivity contribution in [2.45, 2.75) is 18.4 Å². The molecule has 2 aromatic rings. The van der Waals surface area contributed by atoms with E-state index in [1.54, 1.807) is 0 Å². The lowest BCUT2D eigenvalue weighted by atomic mass is 9.81. The van der Waals surface area contributed by atoms with Gasteiger partial charge in [0.15, 0.2) is 0 Å². The van der Waals surface area contributed by atoms with E-state index < -0.39 is 23.0 Å². The number of likely N-dealkylation sites (tertiary alicyclic amines) is 1. The molecule has 0 unspecified atom stereocenters. The highest BCUT2D eigenvalue weighted by atomic mass is 19.1. The van der Waals surface area contributed by atoms with Gasteiger partial charge in [0.05, 0.1) is 5.41 Å². The molecule has 2 heterocycles. The molecule has 5 nitrogen and oxygen atoms in total. The van der Waals surface area contributed by atoms with E-state index in [1.807, 2.05) is 29.2 Å². The van der Waals surface area contributed by atoms with Crippen molar-refractivity contribution in [1.29, 1.82) is 0 Å². The average molecular weight is 371 g/mol. The third kappa shape index (κ3) is 2.88. The Balaban J connectivity index is 1.62. The van der Waals surface area contributed by atoms with Crippen molar-refractivity contribution in [2.24, 2.45) is 5.73 Å². The molecule has 7 heteroatoms. The van der Waals surface area contributed by atoms with Crippen LogP contribution in [0.15, 0.2) is 42.5 Å². The fourth-order valence-corrected chi connectivity index (χ4v) is 4.22. The first kappa shape index (κ1) is 17.6. The van der Waals surface area contributed by atoms with Gasteiger partial charge in [-0.25, -0.2) is 8.78 Å². The van der Waals surface area contributed by atoms with Crippen molar-refractivity contribution in [3.63, 3.8) is 0 Å². The zero-order valence-corrected chi connectivity index (χ0v) is 14.6. The number of carbonyl (C=O) groups is 2. The van der Waals surface area contributed by atoms with Crippen molar-refractivity contribution in [3.05, 3.63) is 65.2 Å². The molecule has 2 aliphatic heterocycles. The molecule has 4 rings (SSSR count). The van der Waals surface area contributed by atoms with Gasteiger partial charge in [0.2, 0.25) is 11.8 Å². The van der Waals surface area contributed by atoms with E-state index >= 15 is 0 Å². The van der Waals surface area contributed by atoms with Gasteiger partial charge in [0.25, 0.3) is 0 Å². The van der Waals surface area contributed by atoms with Crippen LogP contribution in [-0.4, -0.2) is 36.3 Å². The second-order valence-electron chi connectivity index (χ2n) is 7.15. The van der Waals surface area contributed by atoms with E-state index in [2.05, 4.69) is 0 Å². The summed E-state index contributed by atoms with van der Waals surface area (Å²) in [6.45, 7) is 1.14. The number of fused-ring (bicyclic) bond motifs is 2. The number of nitrogens with two attached hydrogens (primary N) is 1. The van der Waals surface area contributed by atoms with Crippen LogP contribution < -0.4 is 10.6 Å². The molecule has 2 aliphatic rings. The molecule has 1 saturated heterocycles. The van der Waals surface area contributed by atoms with Gasteiger partial charge >= 0.3 is 0 Å². The standard InChI is InChI=1S/C20H19F2N3O2/c21-14-6-5-13(16(22)9-14)10-24-8-7-20(12-24)15-3-1-2-4-17(15)25(19(20)27)11-18(23)26/h1-6,9H,7-8,10-12H2,(H2,23,26)/t20-/m0/s1. The number of rotatable bonds is 4. The first-order valence-corrected chi connectivity index (χ1v) is 8.77. The summed E-state index contributed by atoms with van der Waals surface area (Å²) in [5.74, 6) is -1.93. The molecule has 140 valence electrons. The highest BCUT2D eigenvalue weighted by Crippen LogP contribution is 2.47. The lowest BCUT2D eigenvalue weighted by Gasteiger charge is -2.24. The molecular formula is C20H19F2N3O2. The SMILES string of the molecule is NC(=O)CN1C(=O)[C@]2(CCN(Cc3ccc(F)cc3F)C2)c2ccccc21. The molecule has 2 amide bonds. The number of hydrogen-bond donors (Lipinski definition) is 1. The summed E-state index contributed by atoms with van der Waals surface area (Å²) in [5, 5.41) is 0. The number of primary amides is 1. The van der Waals surface area contributed by atoms with E-state index in [0.717, 1.165) is 11.6 Å². The van der Waals surface area contributed by atoms with Crippen molar-refractivity contribution in [2.75, 3.05) is 24.5 Å². The van der Waals surface area contributed by atoms with Crippen LogP contribution in [0.2, 0.25) is 0 Å². The van der Waals surface area contributed by atoms with Crippen molar-refractivity contribution < 1.29 is 18.4 Å². The maximum atomic E-state index is 14.0. The summed E-state index contributed by atoms with van der Waals surface area (Å²) in [4.78, 5) is 28.1. The number of para-hydroxylation sites is 1. The van der Waals surface area contributed by atoms with Gasteiger partial charge < -0.3 is 10.6 Å². The highest BCUT2D eigenvalue weighted by molar-refractivity contribution is 6.11. The summed E-state index contributed by atoms with van der Waals surface area (Å²) in [5.41, 5.74) is 6.53. The summed E-state index contributed by atoms with van der Waals surface area (Å²) >= 11 is 0. The van der Waals surface area contributed by atoms with Gasteiger partial charge in [-0.15, -0.1) is 0 Å². The first-order chi connectivity index (χ1) is 12.9. The summed E-state index contributed by atoms with van der Waals surface area (Å²) in [7, 11) is 0. The van der Waals surface area contributed by atoms with Crippen LogP contribution in [0.1, 0.15) is 17.5 Å². The van der Waals surface area contributed by atoms with Crippen LogP contribution in [0.5, 0.6) is 0 Å². The van der Waals surface area contributed by atoms with Crippen LogP contribution in [0.3, 0.4) is 0 Å². The van der Waals surface area contributed by atoms with E-state index in [-0.39, 0.29) is 12.5 Å². The molecule has 0 saturated carbocycles. The molecular weight excluding hydrogens is 352 g/mol. The third-order valence-corrected chi connectivity index (χ3v) is 5.44. The van der Waals surface area contributed by atoms with Gasteiger partial charge in [-0.1, -0.05) is 24.3 Å². The Morgan fingerprint density at radius 2 is 1.96 bits per heavy atom. The molecule has 1 spiro atoms. The van der Waals surface area contributed by atoms with Gasteiger partial charge in [-0.3, -0.25) is 14.5 Å². The minimum absolute atomic E-state index is 0.149. The minimum atomic E-state index is -0.761. The van der Waals surface area contributed by atoms with Gasteiger partial charge in [-0.2, -0.15) is 0 Å². The Morgan fingerprint density at radius 3 is 2.70 bits per heavy atom. The quantitative estimate of drug-likeness (QED) is 0.893. The Labute approximate surface area is 155 Å². The third-order valence-electron chi connectivity index (χ3n) is 5.44. The lowest BCUT2D eigenvalue weighted by molar-refractivity contribution is -0.125. The number of hydrogen-bond acceptors (Lipinski definition) is 3. The maximum absolute atomic E-state index is 14.0. The predicted octanol–water partition coefficient (Wildman–Crippen LogP) is 1.94. The Kier molecular flexibility index (Phi) is 4.19. The lowest BCUT2D eigenvalue weighted by Crippen LogP contribution is -2.45. The smallest absolute Gasteiger partial charge is 0.239 e. The molecule has 0 aromatic heterocycles. The molecule has 1 atom stereocenters. The van der Waals surface area contributed by atoms with E-state index in [4.69, 9.17) is 5.73 Å². The molecule has 0 aliphatic carbocycles. The minimum Gasteiger partial charge on any atom is -0.368 e. The van der Waals surface area contributed by atoms with Crippen molar-refractivity contribution >= 4 is 17.5 Å². The van der Waals surface area contributed by atoms with Gasteiger partial charge in [0, 0.05) is 30.4 Å². The van der Waals surface area contributed by atoms with Crippen LogP contribution in [0.4, 0.5) is 14.5 Å². The summed E-state index contributed by atoms with van der Waals surface area (Å²) in [6.07, 6.45) is 0.570. The number of nitrogens with zero attached hydrogens (tertiary/aromatic N) is 2. The van der Waals surface area contributed by atoms with E-state index in [0.29, 0.717) is 37.3 Å². The number of anilines is 1. The summed E-state index contributed by atoms with van der Waals surface area (Å²) < 4.78 is 27.1. The van der Waals surface area contributed by atoms with E-state index in [9.17, 15) is 18.4 Å². The fraction of sp³-hybridized carbons (Fsp3) is 0.300. The maximum Gasteiger partial charge on any atom is 0.239 e. The zero-order valence-electron chi connectivity index (χ0n) is 14.6. The molecule has 2 N–H and O–H groups in total. The second kappa shape index (κ2) is 6.42. The molecule has 1 fully saturated rings. The Bertz CT molecular complexity index is 933. The topological polar surface area (TPSA) is 66.6 Å². The molecule has 0 bridgehead atoms. The highest BCUT2D eigenvalue weighted by Gasteiger charge is 2.54. The molecule has 27 heavy (non-hydrogen) atoms. The van der Waals surface area contributed by atoms with Gasteiger partial charge in [0.1, 0.15) is 18.2 Å². The Morgan fingerprint density at radius 1 is 1.19 bits per heavy atom. The largest absolute Gasteiger partial charge is 0.368 e. The monoisotopic (exact) mass is 371 g/mol. The number of amides is 2. The second-order valence-corrected chi connectivity index (χ2v) is 7.15. The zero-order chi connectivity index (χ0) is 19.2. The normalized spacial score (nSPS) is 21.9. The van der Waals surface area contributed by atoms with Crippen LogP contribution >= 0.6 is 0 Å². The predicted molar refractivity (Wildman–Crippen MR) is 95.9 cm³/mol. The summed E-state index contributed by atoms with van der Waals surface area (Å²) in [6, 6.07) is 10.9. The van der Waals surface area contributed by atoms with Gasteiger partial charge in [-0.05, 0) is 30.7 Å². The fourth-order valence-electron chi connectivity index (χ4n) is 4.22. The number of benzene rings is 2. The van der Waals surface area contributed by atoms with Crippen LogP contribution in [0, 0.1) is 11.6 Å². The van der Waals surface area contributed by atoms with Crippen LogP contribution in [0.25, 0.3) is 0 Å². The Hall–Kier alpha value is -2.80. The van der Waals surface area contributed by atoms with Crippen molar-refractivity contribution in [3.8, 4) is 0 Å². The molecule has 2 aromatic carbocycles. The van der Waals surface area contributed by atoms with E-state index in [1.165, 1.54) is 17.0 Å². The van der Waals surface area contributed by atoms with Crippen LogP contribution in [-0.2, 0) is 21.5 Å². The number of carbonyl (C=O) groups excluding carboxylic acids is 2.